The normalized spacial score (nSPS) is 10.7. The SMILES string of the molecule is COc1ccc(Nc2nc(Nc3cc(OC)c(OCCO)cc3OC)ncc2Cl)c(NSN(C)O)c1. The van der Waals surface area contributed by atoms with Gasteiger partial charge in [0.1, 0.15) is 23.1 Å². The van der Waals surface area contributed by atoms with Gasteiger partial charge in [0.15, 0.2) is 17.3 Å². The second-order valence-electron chi connectivity index (χ2n) is 6.98. The van der Waals surface area contributed by atoms with E-state index in [1.165, 1.54) is 27.5 Å². The maximum absolute atomic E-state index is 9.48. The molecule has 194 valence electrons. The first-order valence-electron chi connectivity index (χ1n) is 10.5. The topological polar surface area (TPSA) is 142 Å². The van der Waals surface area contributed by atoms with E-state index < -0.39 is 0 Å². The number of aliphatic hydroxyl groups is 1. The van der Waals surface area contributed by atoms with E-state index in [0.717, 1.165) is 16.6 Å². The molecule has 0 fully saturated rings. The van der Waals surface area contributed by atoms with E-state index in [1.54, 1.807) is 37.4 Å². The molecule has 0 spiro atoms. The molecule has 0 aliphatic carbocycles. The maximum Gasteiger partial charge on any atom is 0.229 e. The Bertz CT molecular complexity index is 1170. The van der Waals surface area contributed by atoms with Crippen LogP contribution in [0.15, 0.2) is 36.5 Å². The number of nitrogens with zero attached hydrogens (tertiary/aromatic N) is 3. The van der Waals surface area contributed by atoms with E-state index in [9.17, 15) is 5.21 Å². The van der Waals surface area contributed by atoms with Gasteiger partial charge in [-0.2, -0.15) is 4.98 Å². The zero-order valence-corrected chi connectivity index (χ0v) is 21.6. The van der Waals surface area contributed by atoms with Crippen molar-refractivity contribution >= 4 is 52.6 Å². The summed E-state index contributed by atoms with van der Waals surface area (Å²) >= 11 is 7.33. The molecule has 0 saturated heterocycles. The first kappa shape index (κ1) is 27.2. The summed E-state index contributed by atoms with van der Waals surface area (Å²) in [7, 11) is 6.06. The number of benzene rings is 2. The van der Waals surface area contributed by atoms with E-state index >= 15 is 0 Å². The summed E-state index contributed by atoms with van der Waals surface area (Å²) in [5.74, 6) is 2.48. The minimum absolute atomic E-state index is 0.108. The van der Waals surface area contributed by atoms with Crippen molar-refractivity contribution in [3.05, 3.63) is 41.6 Å². The van der Waals surface area contributed by atoms with Crippen molar-refractivity contribution in [2.75, 3.05) is 56.9 Å². The van der Waals surface area contributed by atoms with E-state index in [2.05, 4.69) is 25.3 Å². The van der Waals surface area contributed by atoms with Gasteiger partial charge in [-0.05, 0) is 12.1 Å². The number of aromatic nitrogens is 2. The highest BCUT2D eigenvalue weighted by Gasteiger charge is 2.15. The van der Waals surface area contributed by atoms with Gasteiger partial charge in [0.2, 0.25) is 5.95 Å². The maximum atomic E-state index is 9.48. The molecule has 1 heterocycles. The van der Waals surface area contributed by atoms with Crippen molar-refractivity contribution in [1.29, 1.82) is 0 Å². The summed E-state index contributed by atoms with van der Waals surface area (Å²) in [4.78, 5) is 8.75. The van der Waals surface area contributed by atoms with Gasteiger partial charge in [-0.3, -0.25) is 0 Å². The van der Waals surface area contributed by atoms with Crippen LogP contribution >= 0.6 is 23.7 Å². The second kappa shape index (κ2) is 13.1. The molecule has 2 aromatic carbocycles. The van der Waals surface area contributed by atoms with Gasteiger partial charge in [0.25, 0.3) is 0 Å². The molecule has 0 aliphatic rings. The fraction of sp³-hybridized carbons (Fsp3) is 0.273. The van der Waals surface area contributed by atoms with Crippen LogP contribution in [0.4, 0.5) is 28.8 Å². The van der Waals surface area contributed by atoms with Crippen LogP contribution in [0.1, 0.15) is 0 Å². The second-order valence-corrected chi connectivity index (χ2v) is 8.31. The summed E-state index contributed by atoms with van der Waals surface area (Å²) in [5, 5.41) is 25.1. The lowest BCUT2D eigenvalue weighted by atomic mass is 10.2. The largest absolute Gasteiger partial charge is 0.497 e. The molecule has 5 N–H and O–H groups in total. The Hall–Kier alpha value is -3.36. The van der Waals surface area contributed by atoms with Gasteiger partial charge in [0, 0.05) is 25.2 Å². The van der Waals surface area contributed by atoms with Gasteiger partial charge in [0.05, 0.1) is 63.3 Å². The Morgan fingerprint density at radius 2 is 1.75 bits per heavy atom. The summed E-state index contributed by atoms with van der Waals surface area (Å²) in [5.41, 5.74) is 1.77. The smallest absolute Gasteiger partial charge is 0.229 e. The molecule has 0 unspecified atom stereocenters. The number of anilines is 5. The molecule has 3 aromatic rings. The van der Waals surface area contributed by atoms with Crippen molar-refractivity contribution < 1.29 is 29.3 Å². The van der Waals surface area contributed by atoms with Gasteiger partial charge in [-0.15, -0.1) is 4.47 Å². The van der Waals surface area contributed by atoms with Crippen LogP contribution in [0.3, 0.4) is 0 Å². The summed E-state index contributed by atoms with van der Waals surface area (Å²) in [6, 6.07) is 8.61. The van der Waals surface area contributed by atoms with Crippen molar-refractivity contribution in [3.8, 4) is 23.0 Å². The molecule has 3 rings (SSSR count). The van der Waals surface area contributed by atoms with Crippen molar-refractivity contribution in [2.45, 2.75) is 0 Å². The van der Waals surface area contributed by atoms with Crippen LogP contribution in [-0.2, 0) is 0 Å². The first-order valence-corrected chi connectivity index (χ1v) is 11.6. The van der Waals surface area contributed by atoms with Crippen LogP contribution in [0.2, 0.25) is 5.02 Å². The van der Waals surface area contributed by atoms with Crippen LogP contribution in [0, 0.1) is 0 Å². The average Bonchev–Trinajstić information content (AvgIpc) is 2.88. The number of rotatable bonds is 13. The molecular formula is C22H27ClN6O6S. The number of hydroxylamine groups is 1. The molecule has 0 bridgehead atoms. The molecule has 14 heteroatoms. The number of aliphatic hydroxyl groups excluding tert-OH is 1. The lowest BCUT2D eigenvalue weighted by Crippen LogP contribution is -2.07. The lowest BCUT2D eigenvalue weighted by Gasteiger charge is -2.17. The molecule has 0 aliphatic heterocycles. The predicted molar refractivity (Wildman–Crippen MR) is 139 cm³/mol. The van der Waals surface area contributed by atoms with Crippen molar-refractivity contribution in [3.63, 3.8) is 0 Å². The lowest BCUT2D eigenvalue weighted by molar-refractivity contribution is 0.0459. The molecule has 0 saturated carbocycles. The first-order chi connectivity index (χ1) is 17.4. The highest BCUT2D eigenvalue weighted by Crippen LogP contribution is 2.39. The van der Waals surface area contributed by atoms with Gasteiger partial charge >= 0.3 is 0 Å². The van der Waals surface area contributed by atoms with E-state index in [-0.39, 0.29) is 24.2 Å². The molecule has 36 heavy (non-hydrogen) atoms. The third-order valence-corrected chi connectivity index (χ3v) is 5.44. The Labute approximate surface area is 217 Å². The summed E-state index contributed by atoms with van der Waals surface area (Å²) < 4.78 is 25.6. The highest BCUT2D eigenvalue weighted by atomic mass is 35.5. The Kier molecular flexibility index (Phi) is 9.90. The fourth-order valence-corrected chi connectivity index (χ4v) is 3.50. The highest BCUT2D eigenvalue weighted by molar-refractivity contribution is 7.98. The standard InChI is InChI=1S/C22H27ClN6O6S/c1-29(31)36-28-16-9-13(32-2)5-6-15(16)25-21-14(23)12-24-22(27-21)26-17-10-19(34-4)20(35-8-7-30)11-18(17)33-3/h5-6,9-12,28,30-31H,7-8H2,1-4H3,(H2,24,25,26,27). The molecule has 1 aromatic heterocycles. The Morgan fingerprint density at radius 1 is 0.972 bits per heavy atom. The number of methoxy groups -OCH3 is 3. The minimum Gasteiger partial charge on any atom is -0.497 e. The van der Waals surface area contributed by atoms with Crippen LogP contribution in [0.5, 0.6) is 23.0 Å². The van der Waals surface area contributed by atoms with E-state index in [4.69, 9.17) is 35.7 Å². The van der Waals surface area contributed by atoms with Crippen LogP contribution < -0.4 is 34.3 Å². The molecule has 0 amide bonds. The molecule has 0 atom stereocenters. The zero-order valence-electron chi connectivity index (χ0n) is 20.0. The summed E-state index contributed by atoms with van der Waals surface area (Å²) in [6.45, 7) is -0.0302. The quantitative estimate of drug-likeness (QED) is 0.156. The average molecular weight is 539 g/mol. The van der Waals surface area contributed by atoms with Gasteiger partial charge in [-0.1, -0.05) is 11.6 Å². The number of hydrogen-bond donors (Lipinski definition) is 5. The minimum atomic E-state index is -0.138. The number of ether oxygens (including phenoxy) is 4. The molecule has 0 radical (unpaired) electrons. The van der Waals surface area contributed by atoms with Gasteiger partial charge < -0.3 is 44.6 Å². The Morgan fingerprint density at radius 3 is 2.42 bits per heavy atom. The number of nitrogens with one attached hydrogen (secondary N) is 3. The van der Waals surface area contributed by atoms with E-state index in [1.807, 2.05) is 0 Å². The number of halogens is 1. The van der Waals surface area contributed by atoms with Crippen molar-refractivity contribution in [2.24, 2.45) is 0 Å². The number of hydrogen-bond acceptors (Lipinski definition) is 13. The fourth-order valence-electron chi connectivity index (χ4n) is 2.96. The molecule has 12 nitrogen and oxygen atoms in total. The molecular weight excluding hydrogens is 512 g/mol. The third kappa shape index (κ3) is 7.08. The van der Waals surface area contributed by atoms with Gasteiger partial charge in [-0.25, -0.2) is 4.98 Å². The predicted octanol–water partition coefficient (Wildman–Crippen LogP) is 4.31. The third-order valence-electron chi connectivity index (χ3n) is 4.59. The van der Waals surface area contributed by atoms with E-state index in [0.29, 0.717) is 45.9 Å². The summed E-state index contributed by atoms with van der Waals surface area (Å²) in [6.07, 6.45) is 1.45. The monoisotopic (exact) mass is 538 g/mol. The van der Waals surface area contributed by atoms with Crippen LogP contribution in [-0.4, -0.2) is 66.3 Å². The Balaban J connectivity index is 1.89. The zero-order chi connectivity index (χ0) is 26.1. The van der Waals surface area contributed by atoms with Crippen molar-refractivity contribution in [1.82, 2.24) is 14.4 Å². The van der Waals surface area contributed by atoms with Crippen LogP contribution in [0.25, 0.3) is 0 Å².